The number of rotatable bonds is 16. The van der Waals surface area contributed by atoms with E-state index >= 15 is 0 Å². The number of benzene rings is 1. The lowest BCUT2D eigenvalue weighted by atomic mass is 9.74. The van der Waals surface area contributed by atoms with Crippen LogP contribution < -0.4 is 30.2 Å². The monoisotopic (exact) mass is 1570 g/mol. The highest BCUT2D eigenvalue weighted by Gasteiger charge is 2.59. The van der Waals surface area contributed by atoms with Crippen molar-refractivity contribution in [3.05, 3.63) is 24.3 Å². The fourth-order valence-electron chi connectivity index (χ4n) is 24.0. The van der Waals surface area contributed by atoms with Gasteiger partial charge in [0.15, 0.2) is 0 Å². The van der Waals surface area contributed by atoms with Crippen LogP contribution in [0.1, 0.15) is 324 Å². The van der Waals surface area contributed by atoms with E-state index in [9.17, 15) is 41.7 Å². The van der Waals surface area contributed by atoms with E-state index in [0.29, 0.717) is 150 Å². The first-order chi connectivity index (χ1) is 50.6. The largest absolute Gasteiger partial charge is 0.334 e. The van der Waals surface area contributed by atoms with Crippen molar-refractivity contribution in [1.29, 1.82) is 0 Å². The van der Waals surface area contributed by atoms with Gasteiger partial charge in [-0.1, -0.05) is 0 Å². The molecule has 11 rings (SSSR count). The number of anilines is 8. The molecule has 28 nitrogen and oxygen atoms in total. The van der Waals surface area contributed by atoms with Gasteiger partial charge in [-0.2, -0.15) is 70.4 Å². The van der Waals surface area contributed by atoms with Crippen LogP contribution in [0, 0.1) is 0 Å². The maximum Gasteiger partial charge on any atom is 0.233 e. The lowest BCUT2D eigenvalue weighted by molar-refractivity contribution is -0.251. The van der Waals surface area contributed by atoms with Crippen molar-refractivity contribution in [2.75, 3.05) is 30.2 Å². The minimum atomic E-state index is -0.667. The van der Waals surface area contributed by atoms with E-state index in [4.69, 9.17) is 29.9 Å². The smallest absolute Gasteiger partial charge is 0.233 e. The molecule has 28 heteroatoms. The second-order valence-corrected chi connectivity index (χ2v) is 46.0. The Kier molecular flexibility index (Phi) is 22.5. The third-order valence-electron chi connectivity index (χ3n) is 27.6. The van der Waals surface area contributed by atoms with Gasteiger partial charge in [0.05, 0.1) is 0 Å². The summed E-state index contributed by atoms with van der Waals surface area (Å²) < 4.78 is 0. The van der Waals surface area contributed by atoms with Crippen molar-refractivity contribution >= 4 is 47.1 Å². The number of piperidine rings is 8. The summed E-state index contributed by atoms with van der Waals surface area (Å²) in [7, 11) is 0. The van der Waals surface area contributed by atoms with Crippen LogP contribution in [0.5, 0.6) is 0 Å². The Bertz CT molecular complexity index is 3110. The molecule has 0 unspecified atom stereocenters. The molecule has 0 radical (unpaired) electrons. The first-order valence-electron chi connectivity index (χ1n) is 41.8. The van der Waals surface area contributed by atoms with Gasteiger partial charge in [0.2, 0.25) is 35.7 Å². The van der Waals surface area contributed by atoms with Crippen molar-refractivity contribution in [2.45, 2.75) is 461 Å². The molecule has 1 aromatic carbocycles. The molecular formula is C84H150N20O8. The Morgan fingerprint density at radius 1 is 0.214 bits per heavy atom. The van der Waals surface area contributed by atoms with Gasteiger partial charge in [0.1, 0.15) is 0 Å². The molecule has 634 valence electrons. The third-order valence-corrected chi connectivity index (χ3v) is 27.6. The fourth-order valence-corrected chi connectivity index (χ4v) is 24.0. The minimum absolute atomic E-state index is 0.197. The summed E-state index contributed by atoms with van der Waals surface area (Å²) in [5, 5.41) is 116. The molecular weight excluding hydrogens is 1420 g/mol. The molecule has 112 heavy (non-hydrogen) atoms. The molecule has 0 bridgehead atoms. The second-order valence-electron chi connectivity index (χ2n) is 46.0. The summed E-state index contributed by atoms with van der Waals surface area (Å²) >= 11 is 0. The van der Waals surface area contributed by atoms with Crippen molar-refractivity contribution < 1.29 is 41.7 Å². The van der Waals surface area contributed by atoms with Crippen LogP contribution in [0.25, 0.3) is 0 Å². The maximum atomic E-state index is 12.0. The summed E-state index contributed by atoms with van der Waals surface area (Å²) in [6.07, 6.45) is 9.14. The van der Waals surface area contributed by atoms with Crippen molar-refractivity contribution in [2.24, 2.45) is 0 Å². The Labute approximate surface area is 671 Å². The molecule has 0 spiro atoms. The zero-order chi connectivity index (χ0) is 84.0. The molecule has 0 saturated carbocycles. The Morgan fingerprint density at radius 2 is 0.321 bits per heavy atom. The zero-order valence-electron chi connectivity index (χ0n) is 74.9. The first-order valence-corrected chi connectivity index (χ1v) is 41.8. The van der Waals surface area contributed by atoms with Crippen LogP contribution in [-0.2, 0) is 0 Å². The van der Waals surface area contributed by atoms with Crippen LogP contribution in [0.4, 0.5) is 47.1 Å². The molecule has 0 amide bonds. The quantitative estimate of drug-likeness (QED) is 0.0637. The first kappa shape index (κ1) is 88.2. The standard InChI is InChI=1S/C84H150N20O8/c1-69(2)37-55(38-70(3,4)97(69)105)93(56-39-71(5,6)98(106)72(7,8)40-56)65-87-63(88-66(91-65)94(57-41-73(9,10)99(107)74(11,12)42-57)58-43-75(13,14)100(108)76(15,16)44-58)85-53-33-35-54(36-34-53)86-64-89-67(95(59-45-77(17,18)101(109)78(19,20)46-59)60-47-79(21,22)102(110)80(23,24)48-60)92-68(90-64)96(61-49-81(25,26)103(111)82(27,28)50-61)62-51-83(29,30)104(112)84(31,32)52-62/h33-36,55-62,105-112H,37-52H2,1-32H3,(H,85,87,88,91)(H,86,89,90,92). The summed E-state index contributed by atoms with van der Waals surface area (Å²) in [4.78, 5) is 43.7. The van der Waals surface area contributed by atoms with Crippen LogP contribution in [-0.4, -0.2) is 249 Å². The zero-order valence-corrected chi connectivity index (χ0v) is 74.9. The van der Waals surface area contributed by atoms with E-state index < -0.39 is 88.6 Å². The van der Waals surface area contributed by atoms with E-state index in [1.165, 1.54) is 40.5 Å². The van der Waals surface area contributed by atoms with Crippen LogP contribution in [0.2, 0.25) is 0 Å². The van der Waals surface area contributed by atoms with Crippen LogP contribution >= 0.6 is 0 Å². The van der Waals surface area contributed by atoms with Crippen molar-refractivity contribution in [3.63, 3.8) is 0 Å². The summed E-state index contributed by atoms with van der Waals surface area (Å²) in [5.41, 5.74) is -9.32. The van der Waals surface area contributed by atoms with Gasteiger partial charge in [-0.05, 0) is 349 Å². The molecule has 8 saturated heterocycles. The predicted octanol–water partition coefficient (Wildman–Crippen LogP) is 16.1. The summed E-state index contributed by atoms with van der Waals surface area (Å²) in [5.74, 6) is 2.48. The number of nitrogens with zero attached hydrogens (tertiary/aromatic N) is 18. The highest BCUT2D eigenvalue weighted by molar-refractivity contribution is 5.64. The van der Waals surface area contributed by atoms with Gasteiger partial charge in [0, 0.05) is 148 Å². The van der Waals surface area contributed by atoms with Gasteiger partial charge in [-0.25, -0.2) is 0 Å². The Balaban J connectivity index is 1.10. The molecule has 0 atom stereocenters. The number of hydrogen-bond donors (Lipinski definition) is 10. The second kappa shape index (κ2) is 28.6. The van der Waals surface area contributed by atoms with Gasteiger partial charge >= 0.3 is 0 Å². The van der Waals surface area contributed by atoms with Crippen LogP contribution in [0.15, 0.2) is 24.3 Å². The average molecular weight is 1570 g/mol. The predicted molar refractivity (Wildman–Crippen MR) is 441 cm³/mol. The minimum Gasteiger partial charge on any atom is -0.334 e. The van der Waals surface area contributed by atoms with Crippen molar-refractivity contribution in [1.82, 2.24) is 70.4 Å². The van der Waals surface area contributed by atoms with E-state index in [1.54, 1.807) is 0 Å². The van der Waals surface area contributed by atoms with E-state index in [0.717, 1.165) is 0 Å². The highest BCUT2D eigenvalue weighted by atomic mass is 16.5. The molecule has 2 aromatic heterocycles. The molecule has 8 aliphatic rings. The molecule has 3 aromatic rings. The molecule has 10 N–H and O–H groups in total. The molecule has 10 heterocycles. The number of hydroxylamine groups is 16. The maximum absolute atomic E-state index is 12.0. The van der Waals surface area contributed by atoms with Gasteiger partial charge in [0.25, 0.3) is 0 Å². The van der Waals surface area contributed by atoms with Gasteiger partial charge in [-0.15, -0.1) is 0 Å². The SMILES string of the molecule is CC1(C)CC(N(c2nc(Nc3ccc(Nc4nc(N(C5CC(C)(C)N(O)C(C)(C)C5)C5CC(C)(C)N(O)C(C)(C)C5)nc(N(C5CC(C)(C)N(O)C(C)(C)C5)C5CC(C)(C)N(O)C(C)(C)C5)n4)cc3)nc(N(C3CC(C)(C)N(O)C(C)(C)C3)C3CC(C)(C)N(O)C(C)(C)C3)n2)C2CC(C)(C)N(O)C(C)(C)C2)CC(C)(C)N1O. The Morgan fingerprint density at radius 3 is 0.429 bits per heavy atom. The van der Waals surface area contributed by atoms with Gasteiger partial charge < -0.3 is 71.9 Å². The summed E-state index contributed by atoms with van der Waals surface area (Å²) in [6.45, 7) is 66.9. The van der Waals surface area contributed by atoms with Crippen molar-refractivity contribution in [3.8, 4) is 0 Å². The lowest BCUT2D eigenvalue weighted by Crippen LogP contribution is -2.68. The molecule has 8 fully saturated rings. The average Bonchev–Trinajstić information content (AvgIpc) is 0.741. The van der Waals surface area contributed by atoms with E-state index in [2.05, 4.69) is 252 Å². The highest BCUT2D eigenvalue weighted by Crippen LogP contribution is 2.53. The number of hydrogen-bond acceptors (Lipinski definition) is 28. The number of nitrogens with one attached hydrogen (secondary N) is 2. The van der Waals surface area contributed by atoms with E-state index in [-0.39, 0.29) is 48.3 Å². The third kappa shape index (κ3) is 16.8. The number of aromatic nitrogens is 6. The van der Waals surface area contributed by atoms with Gasteiger partial charge in [-0.3, -0.25) is 0 Å². The summed E-state index contributed by atoms with van der Waals surface area (Å²) in [6, 6.07) is 6.41. The topological polar surface area (TPSA) is 302 Å². The van der Waals surface area contributed by atoms with E-state index in [1.807, 2.05) is 24.3 Å². The molecule has 8 aliphatic heterocycles. The Hall–Kier alpha value is -4.60. The lowest BCUT2D eigenvalue weighted by Gasteiger charge is -2.59. The normalized spacial score (nSPS) is 28.7. The fraction of sp³-hybridized carbons (Fsp3) is 0.857. The molecule has 0 aliphatic carbocycles. The van der Waals surface area contributed by atoms with Crippen LogP contribution in [0.3, 0.4) is 0 Å².